The number of ether oxygens (including phenoxy) is 1. The number of imidazole rings is 1. The predicted molar refractivity (Wildman–Crippen MR) is 139 cm³/mol. The number of halogens is 1. The van der Waals surface area contributed by atoms with Crippen LogP contribution in [0.4, 0.5) is 5.69 Å². The van der Waals surface area contributed by atoms with E-state index < -0.39 is 0 Å². The van der Waals surface area contributed by atoms with Crippen molar-refractivity contribution in [2.24, 2.45) is 0 Å². The Labute approximate surface area is 206 Å². The van der Waals surface area contributed by atoms with E-state index in [2.05, 4.69) is 90.4 Å². The van der Waals surface area contributed by atoms with Crippen molar-refractivity contribution in [1.29, 1.82) is 0 Å². The normalized spacial score (nSPS) is 16.1. The molecule has 2 heterocycles. The molecule has 0 N–H and O–H groups in total. The van der Waals surface area contributed by atoms with Gasteiger partial charge < -0.3 is 9.64 Å². The van der Waals surface area contributed by atoms with Crippen LogP contribution in [0.15, 0.2) is 60.3 Å². The summed E-state index contributed by atoms with van der Waals surface area (Å²) < 4.78 is 9.68. The van der Waals surface area contributed by atoms with Crippen molar-refractivity contribution in [3.63, 3.8) is 0 Å². The molecule has 0 bridgehead atoms. The largest absolute Gasteiger partial charge is 0.466 e. The monoisotopic (exact) mass is 478 g/mol. The topological polar surface area (TPSA) is 38.4 Å². The molecule has 1 aliphatic heterocycles. The molecule has 0 saturated carbocycles. The Morgan fingerprint density at radius 3 is 2.65 bits per heavy atom. The van der Waals surface area contributed by atoms with Crippen LogP contribution in [-0.4, -0.2) is 24.2 Å². The molecule has 0 spiro atoms. The smallest absolute Gasteiger partial charge is 0.302 e. The molecule has 2 aromatic carbocycles. The molecule has 0 aliphatic carbocycles. The molecular weight excluding hydrogens is 446 g/mol. The van der Waals surface area contributed by atoms with Crippen molar-refractivity contribution in [3.8, 4) is 0 Å². The highest BCUT2D eigenvalue weighted by atomic mass is 35.5. The average molecular weight is 479 g/mol. The molecule has 6 heteroatoms. The maximum absolute atomic E-state index is 11.2. The van der Waals surface area contributed by atoms with Crippen LogP contribution < -0.4 is 9.47 Å². The number of fused-ring (bicyclic) bond motifs is 2. The van der Waals surface area contributed by atoms with Gasteiger partial charge in [-0.2, -0.15) is 0 Å². The number of benzene rings is 2. The van der Waals surface area contributed by atoms with Gasteiger partial charge in [0.05, 0.1) is 24.7 Å². The molecule has 1 aliphatic rings. The zero-order valence-corrected chi connectivity index (χ0v) is 21.4. The number of aryl methyl sites for hydroxylation is 2. The van der Waals surface area contributed by atoms with E-state index in [0.29, 0.717) is 19.6 Å². The molecule has 5 nitrogen and oxygen atoms in total. The second-order valence-corrected chi connectivity index (χ2v) is 9.57. The first-order valence-electron chi connectivity index (χ1n) is 11.8. The Hall–Kier alpha value is -3.05. The lowest BCUT2D eigenvalue weighted by molar-refractivity contribution is -0.674. The quantitative estimate of drug-likeness (QED) is 0.242. The van der Waals surface area contributed by atoms with E-state index in [-0.39, 0.29) is 11.4 Å². The molecule has 178 valence electrons. The van der Waals surface area contributed by atoms with Crippen molar-refractivity contribution in [3.05, 3.63) is 76.7 Å². The highest BCUT2D eigenvalue weighted by Crippen LogP contribution is 2.46. The lowest BCUT2D eigenvalue weighted by Gasteiger charge is -2.23. The highest BCUT2D eigenvalue weighted by Gasteiger charge is 2.37. The van der Waals surface area contributed by atoms with Crippen molar-refractivity contribution >= 4 is 40.4 Å². The summed E-state index contributed by atoms with van der Waals surface area (Å²) in [6.07, 6.45) is 7.22. The number of likely N-dealkylation sites (N-methyl/N-ethyl adjacent to an activating group) is 1. The van der Waals surface area contributed by atoms with Crippen molar-refractivity contribution < 1.29 is 14.1 Å². The third-order valence-electron chi connectivity index (χ3n) is 6.67. The number of rotatable bonds is 7. The number of allylic oxidation sites excluding steroid dienone is 3. The number of hydrogen-bond donors (Lipinski definition) is 0. The van der Waals surface area contributed by atoms with Crippen LogP contribution in [0.1, 0.15) is 45.5 Å². The molecule has 1 aromatic heterocycles. The molecule has 4 rings (SSSR count). The summed E-state index contributed by atoms with van der Waals surface area (Å²) in [7, 11) is 2.13. The van der Waals surface area contributed by atoms with Crippen molar-refractivity contribution in [1.82, 2.24) is 4.57 Å². The van der Waals surface area contributed by atoms with E-state index in [1.54, 1.807) is 0 Å². The maximum atomic E-state index is 11.2. The zero-order chi connectivity index (χ0) is 24.5. The first-order chi connectivity index (χ1) is 16.3. The molecule has 3 aromatic rings. The Balaban J connectivity index is 1.73. The Morgan fingerprint density at radius 1 is 1.18 bits per heavy atom. The third-order valence-corrected chi connectivity index (χ3v) is 6.97. The Kier molecular flexibility index (Phi) is 6.85. The number of anilines is 1. The third kappa shape index (κ3) is 4.25. The second-order valence-electron chi connectivity index (χ2n) is 9.17. The molecule has 0 amide bonds. The highest BCUT2D eigenvalue weighted by molar-refractivity contribution is 6.34. The van der Waals surface area contributed by atoms with E-state index >= 15 is 0 Å². The van der Waals surface area contributed by atoms with E-state index in [1.807, 2.05) is 12.1 Å². The summed E-state index contributed by atoms with van der Waals surface area (Å²) in [5, 5.41) is 0.720. The molecule has 0 fully saturated rings. The Bertz CT molecular complexity index is 1290. The fraction of sp³-hybridized carbons (Fsp3) is 0.357. The number of hydrogen-bond acceptors (Lipinski definition) is 3. The summed E-state index contributed by atoms with van der Waals surface area (Å²) in [5.41, 5.74) is 5.88. The van der Waals surface area contributed by atoms with Gasteiger partial charge in [0.25, 0.3) is 5.82 Å². The lowest BCUT2D eigenvalue weighted by atomic mass is 9.84. The number of aromatic nitrogens is 2. The zero-order valence-electron chi connectivity index (χ0n) is 20.6. The van der Waals surface area contributed by atoms with Crippen LogP contribution in [0.5, 0.6) is 0 Å². The van der Waals surface area contributed by atoms with Crippen LogP contribution in [-0.2, 0) is 28.0 Å². The van der Waals surface area contributed by atoms with Gasteiger partial charge in [-0.3, -0.25) is 4.79 Å². The van der Waals surface area contributed by atoms with E-state index in [0.717, 1.165) is 28.4 Å². The summed E-state index contributed by atoms with van der Waals surface area (Å²) in [6, 6.07) is 14.6. The number of esters is 1. The predicted octanol–water partition coefficient (Wildman–Crippen LogP) is 5.88. The molecule has 0 saturated heterocycles. The van der Waals surface area contributed by atoms with Gasteiger partial charge in [0, 0.05) is 43.3 Å². The van der Waals surface area contributed by atoms with Crippen molar-refractivity contribution in [2.45, 2.75) is 52.6 Å². The van der Waals surface area contributed by atoms with Gasteiger partial charge in [0.2, 0.25) is 0 Å². The Morgan fingerprint density at radius 2 is 1.94 bits per heavy atom. The van der Waals surface area contributed by atoms with Crippen LogP contribution in [0.25, 0.3) is 17.1 Å². The fourth-order valence-corrected chi connectivity index (χ4v) is 5.35. The van der Waals surface area contributed by atoms with Gasteiger partial charge in [-0.15, -0.1) is 0 Å². The minimum absolute atomic E-state index is 0.0730. The second kappa shape index (κ2) is 9.67. The molecule has 34 heavy (non-hydrogen) atoms. The summed E-state index contributed by atoms with van der Waals surface area (Å²) in [4.78, 5) is 13.5. The van der Waals surface area contributed by atoms with Gasteiger partial charge >= 0.3 is 5.97 Å². The number of carbonyl (C=O) groups is 1. The van der Waals surface area contributed by atoms with E-state index in [9.17, 15) is 4.79 Å². The standard InChI is InChI=1S/C28H33ClN3O2/c1-6-31-24-15-9-13-22(29)27(24)32(18-11-19-34-20(2)33)26(31)17-10-16-25-28(3,4)21-12-7-8-14-23(21)30(25)5/h7-10,12-17H,6,11,18-19H2,1-5H3/q+1. The molecule has 0 radical (unpaired) electrons. The number of para-hydroxylation sites is 2. The van der Waals surface area contributed by atoms with Crippen LogP contribution in [0, 0.1) is 0 Å². The van der Waals surface area contributed by atoms with E-state index in [4.69, 9.17) is 16.3 Å². The van der Waals surface area contributed by atoms with Crippen molar-refractivity contribution in [2.75, 3.05) is 18.6 Å². The minimum atomic E-state index is -0.255. The van der Waals surface area contributed by atoms with Gasteiger partial charge in [-0.1, -0.05) is 55.8 Å². The summed E-state index contributed by atoms with van der Waals surface area (Å²) in [5.74, 6) is 0.816. The lowest BCUT2D eigenvalue weighted by Crippen LogP contribution is -2.37. The fourth-order valence-electron chi connectivity index (χ4n) is 5.08. The van der Waals surface area contributed by atoms with Crippen LogP contribution >= 0.6 is 11.6 Å². The minimum Gasteiger partial charge on any atom is -0.466 e. The average Bonchev–Trinajstić information content (AvgIpc) is 3.21. The summed E-state index contributed by atoms with van der Waals surface area (Å²) in [6.45, 7) is 10.0. The van der Waals surface area contributed by atoms with Gasteiger partial charge in [0.1, 0.15) is 0 Å². The molecule has 0 atom stereocenters. The van der Waals surface area contributed by atoms with Crippen LogP contribution in [0.2, 0.25) is 5.02 Å². The molecule has 0 unspecified atom stereocenters. The number of carbonyl (C=O) groups excluding carboxylic acids is 1. The van der Waals surface area contributed by atoms with Gasteiger partial charge in [-0.05, 0) is 36.8 Å². The van der Waals surface area contributed by atoms with Crippen LogP contribution in [0.3, 0.4) is 0 Å². The van der Waals surface area contributed by atoms with Gasteiger partial charge in [-0.25, -0.2) is 9.13 Å². The van der Waals surface area contributed by atoms with E-state index in [1.165, 1.54) is 23.9 Å². The maximum Gasteiger partial charge on any atom is 0.302 e. The summed E-state index contributed by atoms with van der Waals surface area (Å²) >= 11 is 6.65. The van der Waals surface area contributed by atoms with Gasteiger partial charge in [0.15, 0.2) is 11.0 Å². The number of nitrogens with zero attached hydrogens (tertiary/aromatic N) is 3. The first kappa shape index (κ1) is 24.1. The SMILES string of the molecule is CCn1c(C=CC=C2N(C)c3ccccc3C2(C)C)[n+](CCCOC(C)=O)c2c(Cl)cccc21. The first-order valence-corrected chi connectivity index (χ1v) is 12.2. The molecular formula is C28H33ClN3O2+.